The molecule has 1 atom stereocenters. The van der Waals surface area contributed by atoms with Gasteiger partial charge in [-0.1, -0.05) is 6.92 Å². The van der Waals surface area contributed by atoms with Crippen molar-refractivity contribution in [1.29, 1.82) is 0 Å². The number of hydrogen-bond acceptors (Lipinski definition) is 5. The van der Waals surface area contributed by atoms with E-state index in [-0.39, 0.29) is 0 Å². The molecule has 1 N–H and O–H groups in total. The van der Waals surface area contributed by atoms with Crippen LogP contribution in [-0.2, 0) is 12.8 Å². The van der Waals surface area contributed by atoms with Gasteiger partial charge < -0.3 is 5.32 Å². The number of hydrogen-bond donors (Lipinski definition) is 1. The van der Waals surface area contributed by atoms with Crippen molar-refractivity contribution in [2.24, 2.45) is 0 Å². The van der Waals surface area contributed by atoms with Crippen LogP contribution in [0.15, 0.2) is 6.33 Å². The third kappa shape index (κ3) is 2.32. The van der Waals surface area contributed by atoms with E-state index in [0.29, 0.717) is 6.04 Å². The number of aryl methyl sites for hydroxylation is 2. The predicted octanol–water partition coefficient (Wildman–Crippen LogP) is 3.08. The molecule has 4 rings (SSSR count). The normalized spacial score (nSPS) is 22.0. The van der Waals surface area contributed by atoms with E-state index in [1.807, 2.05) is 11.3 Å². The number of likely N-dealkylation sites (tertiary alicyclic amines) is 1. The molecule has 21 heavy (non-hydrogen) atoms. The number of nitrogens with one attached hydrogen (secondary N) is 1. The number of anilines is 1. The summed E-state index contributed by atoms with van der Waals surface area (Å²) < 4.78 is 0. The lowest BCUT2D eigenvalue weighted by Crippen LogP contribution is -2.34. The van der Waals surface area contributed by atoms with E-state index in [1.54, 1.807) is 6.33 Å². The minimum absolute atomic E-state index is 0.659. The first-order chi connectivity index (χ1) is 10.4. The van der Waals surface area contributed by atoms with Gasteiger partial charge in [-0.05, 0) is 50.8 Å². The van der Waals surface area contributed by atoms with Crippen molar-refractivity contribution >= 4 is 27.4 Å². The Morgan fingerprint density at radius 1 is 1.33 bits per heavy atom. The lowest BCUT2D eigenvalue weighted by atomic mass is 10.2. The summed E-state index contributed by atoms with van der Waals surface area (Å²) in [5, 5.41) is 4.93. The fraction of sp³-hybridized carbons (Fsp3) is 0.625. The third-order valence-corrected chi connectivity index (χ3v) is 6.11. The summed E-state index contributed by atoms with van der Waals surface area (Å²) in [6.07, 6.45) is 8.05. The minimum Gasteiger partial charge on any atom is -0.368 e. The molecule has 0 bridgehead atoms. The van der Waals surface area contributed by atoms with Gasteiger partial charge in [-0.2, -0.15) is 0 Å². The lowest BCUT2D eigenvalue weighted by Gasteiger charge is -2.23. The van der Waals surface area contributed by atoms with Crippen LogP contribution in [0.5, 0.6) is 0 Å². The second-order valence-electron chi connectivity index (χ2n) is 6.07. The number of nitrogens with zero attached hydrogens (tertiary/aromatic N) is 3. The van der Waals surface area contributed by atoms with Crippen LogP contribution >= 0.6 is 11.3 Å². The van der Waals surface area contributed by atoms with E-state index in [1.165, 1.54) is 54.5 Å². The van der Waals surface area contributed by atoms with Crippen molar-refractivity contribution in [1.82, 2.24) is 14.9 Å². The summed E-state index contributed by atoms with van der Waals surface area (Å²) in [4.78, 5) is 14.3. The van der Waals surface area contributed by atoms with Crippen LogP contribution in [0.3, 0.4) is 0 Å². The molecule has 4 nitrogen and oxygen atoms in total. The molecule has 2 aromatic heterocycles. The maximum absolute atomic E-state index is 4.53. The van der Waals surface area contributed by atoms with E-state index in [0.717, 1.165) is 23.7 Å². The summed E-state index contributed by atoms with van der Waals surface area (Å²) in [6.45, 7) is 5.66. The van der Waals surface area contributed by atoms with Crippen molar-refractivity contribution in [3.05, 3.63) is 16.8 Å². The van der Waals surface area contributed by atoms with Gasteiger partial charge in [0.15, 0.2) is 0 Å². The second kappa shape index (κ2) is 5.54. The van der Waals surface area contributed by atoms with Gasteiger partial charge in [0, 0.05) is 17.5 Å². The van der Waals surface area contributed by atoms with Gasteiger partial charge in [0.2, 0.25) is 0 Å². The maximum Gasteiger partial charge on any atom is 0.138 e. The molecule has 0 aromatic carbocycles. The van der Waals surface area contributed by atoms with Crippen molar-refractivity contribution in [2.75, 3.05) is 25.0 Å². The number of likely N-dealkylation sites (N-methyl/N-ethyl adjacent to an activating group) is 1. The molecule has 2 aliphatic rings. The molecule has 1 aliphatic carbocycles. The highest BCUT2D eigenvalue weighted by molar-refractivity contribution is 7.19. The van der Waals surface area contributed by atoms with Crippen molar-refractivity contribution in [3.63, 3.8) is 0 Å². The largest absolute Gasteiger partial charge is 0.368 e. The maximum atomic E-state index is 4.53. The summed E-state index contributed by atoms with van der Waals surface area (Å²) in [5.41, 5.74) is 1.51. The standard InChI is InChI=1S/C16H22N4S/c1-2-20-8-4-5-11(20)9-17-15-14-12-6-3-7-13(12)21-16(14)19-10-18-15/h10-11H,2-9H2,1H3,(H,17,18,19)/t11-/m1/s1. The predicted molar refractivity (Wildman–Crippen MR) is 88.2 cm³/mol. The molecule has 112 valence electrons. The van der Waals surface area contributed by atoms with Gasteiger partial charge >= 0.3 is 0 Å². The summed E-state index contributed by atoms with van der Waals surface area (Å²) in [7, 11) is 0. The highest BCUT2D eigenvalue weighted by Gasteiger charge is 2.24. The van der Waals surface area contributed by atoms with Gasteiger partial charge in [0.05, 0.1) is 5.39 Å². The molecule has 1 saturated heterocycles. The van der Waals surface area contributed by atoms with Gasteiger partial charge in [-0.15, -0.1) is 11.3 Å². The number of thiophene rings is 1. The van der Waals surface area contributed by atoms with Crippen LogP contribution in [0.25, 0.3) is 10.2 Å². The topological polar surface area (TPSA) is 41.0 Å². The van der Waals surface area contributed by atoms with Gasteiger partial charge in [0.1, 0.15) is 17.0 Å². The molecule has 0 spiro atoms. The molecule has 2 aromatic rings. The fourth-order valence-corrected chi connectivity index (χ4v) is 5.05. The lowest BCUT2D eigenvalue weighted by molar-refractivity contribution is 0.277. The van der Waals surface area contributed by atoms with Crippen LogP contribution in [0.1, 0.15) is 36.6 Å². The molecule has 0 amide bonds. The fourth-order valence-electron chi connectivity index (χ4n) is 3.82. The van der Waals surface area contributed by atoms with Crippen molar-refractivity contribution in [3.8, 4) is 0 Å². The Bertz CT molecular complexity index is 651. The second-order valence-corrected chi connectivity index (χ2v) is 7.15. The first-order valence-electron chi connectivity index (χ1n) is 8.10. The van der Waals surface area contributed by atoms with Crippen LogP contribution in [0, 0.1) is 0 Å². The Morgan fingerprint density at radius 3 is 3.19 bits per heavy atom. The number of fused-ring (bicyclic) bond motifs is 3. The Morgan fingerprint density at radius 2 is 2.29 bits per heavy atom. The SMILES string of the molecule is CCN1CCC[C@@H]1CNc1ncnc2sc3c(c12)CCC3. The zero-order chi connectivity index (χ0) is 14.2. The molecule has 0 radical (unpaired) electrons. The molecule has 0 unspecified atom stereocenters. The Kier molecular flexibility index (Phi) is 3.55. The molecule has 3 heterocycles. The molecule has 5 heteroatoms. The van der Waals surface area contributed by atoms with E-state index in [2.05, 4.69) is 27.1 Å². The van der Waals surface area contributed by atoms with Crippen LogP contribution in [-0.4, -0.2) is 40.5 Å². The quantitative estimate of drug-likeness (QED) is 0.942. The van der Waals surface area contributed by atoms with E-state index in [4.69, 9.17) is 0 Å². The Labute approximate surface area is 129 Å². The van der Waals surface area contributed by atoms with Crippen molar-refractivity contribution in [2.45, 2.75) is 45.1 Å². The molecular weight excluding hydrogens is 280 g/mol. The first kappa shape index (κ1) is 13.5. The van der Waals surface area contributed by atoms with E-state index in [9.17, 15) is 0 Å². The molecule has 1 fully saturated rings. The van der Waals surface area contributed by atoms with Crippen LogP contribution in [0.4, 0.5) is 5.82 Å². The van der Waals surface area contributed by atoms with Gasteiger partial charge in [-0.3, -0.25) is 4.90 Å². The minimum atomic E-state index is 0.659. The average molecular weight is 302 g/mol. The average Bonchev–Trinajstić information content (AvgIpc) is 3.19. The highest BCUT2D eigenvalue weighted by Crippen LogP contribution is 2.39. The van der Waals surface area contributed by atoms with Gasteiger partial charge in [-0.25, -0.2) is 9.97 Å². The Balaban J connectivity index is 1.59. The summed E-state index contributed by atoms with van der Waals surface area (Å²) in [5.74, 6) is 1.06. The number of rotatable bonds is 4. The molecule has 1 aliphatic heterocycles. The summed E-state index contributed by atoms with van der Waals surface area (Å²) in [6, 6.07) is 0.659. The first-order valence-corrected chi connectivity index (χ1v) is 8.91. The summed E-state index contributed by atoms with van der Waals surface area (Å²) >= 11 is 1.86. The number of aromatic nitrogens is 2. The zero-order valence-corrected chi connectivity index (χ0v) is 13.4. The van der Waals surface area contributed by atoms with E-state index >= 15 is 0 Å². The van der Waals surface area contributed by atoms with Gasteiger partial charge in [0.25, 0.3) is 0 Å². The van der Waals surface area contributed by atoms with Crippen LogP contribution < -0.4 is 5.32 Å². The smallest absolute Gasteiger partial charge is 0.138 e. The van der Waals surface area contributed by atoms with Crippen molar-refractivity contribution < 1.29 is 0 Å². The van der Waals surface area contributed by atoms with E-state index < -0.39 is 0 Å². The Hall–Kier alpha value is -1.20. The third-order valence-electron chi connectivity index (χ3n) is 4.91. The monoisotopic (exact) mass is 302 g/mol. The van der Waals surface area contributed by atoms with Crippen LogP contribution in [0.2, 0.25) is 0 Å². The molecule has 0 saturated carbocycles. The molecular formula is C16H22N4S. The highest BCUT2D eigenvalue weighted by atomic mass is 32.1. The zero-order valence-electron chi connectivity index (χ0n) is 12.6.